The molecule has 23 heavy (non-hydrogen) atoms. The fourth-order valence-corrected chi connectivity index (χ4v) is 2.02. The number of rotatable bonds is 6. The molecule has 0 heterocycles. The molecule has 2 aromatic rings. The Morgan fingerprint density at radius 1 is 1.13 bits per heavy atom. The quantitative estimate of drug-likeness (QED) is 0.481. The highest BCUT2D eigenvalue weighted by molar-refractivity contribution is 6.20. The van der Waals surface area contributed by atoms with E-state index in [1.165, 1.54) is 0 Å². The third-order valence-corrected chi connectivity index (χ3v) is 3.23. The Morgan fingerprint density at radius 3 is 2.26 bits per heavy atom. The fraction of sp³-hybridized carbons (Fsp3) is 0.211. The van der Waals surface area contributed by atoms with Crippen molar-refractivity contribution < 1.29 is 14.6 Å². The Kier molecular flexibility index (Phi) is 5.41. The highest BCUT2D eigenvalue weighted by atomic mass is 16.5. The maximum Gasteiger partial charge on any atom is 0.336 e. The molecule has 0 bridgehead atoms. The lowest BCUT2D eigenvalue weighted by Crippen LogP contribution is -2.04. The van der Waals surface area contributed by atoms with Crippen LogP contribution in [-0.4, -0.2) is 17.7 Å². The molecule has 0 spiro atoms. The van der Waals surface area contributed by atoms with Crippen LogP contribution < -0.4 is 10.5 Å². The number of ether oxygens (including phenoxy) is 1. The van der Waals surface area contributed by atoms with Crippen molar-refractivity contribution >= 4 is 23.3 Å². The van der Waals surface area contributed by atoms with Crippen LogP contribution in [0.1, 0.15) is 25.0 Å². The summed E-state index contributed by atoms with van der Waals surface area (Å²) >= 11 is 0. The van der Waals surface area contributed by atoms with Crippen LogP contribution in [-0.2, 0) is 4.79 Å². The smallest absolute Gasteiger partial charge is 0.336 e. The number of nitrogen functional groups attached to an aromatic ring is 1. The first-order chi connectivity index (χ1) is 11.0. The lowest BCUT2D eigenvalue weighted by Gasteiger charge is -2.09. The molecular weight excluding hydrogens is 290 g/mol. The highest BCUT2D eigenvalue weighted by Gasteiger charge is 2.10. The second-order valence-electron chi connectivity index (χ2n) is 5.76. The van der Waals surface area contributed by atoms with Gasteiger partial charge < -0.3 is 15.6 Å². The van der Waals surface area contributed by atoms with Crippen molar-refractivity contribution in [3.63, 3.8) is 0 Å². The zero-order chi connectivity index (χ0) is 16.8. The normalized spacial score (nSPS) is 11.5. The zero-order valence-corrected chi connectivity index (χ0v) is 13.3. The minimum atomic E-state index is -0.977. The molecule has 4 heteroatoms. The monoisotopic (exact) mass is 311 g/mol. The van der Waals surface area contributed by atoms with E-state index in [4.69, 9.17) is 10.5 Å². The maximum absolute atomic E-state index is 11.5. The van der Waals surface area contributed by atoms with Crippen molar-refractivity contribution in [2.75, 3.05) is 12.3 Å². The molecule has 0 aliphatic heterocycles. The molecule has 0 saturated heterocycles. The van der Waals surface area contributed by atoms with Crippen LogP contribution >= 0.6 is 0 Å². The van der Waals surface area contributed by atoms with E-state index >= 15 is 0 Å². The van der Waals surface area contributed by atoms with E-state index in [0.717, 1.165) is 11.3 Å². The van der Waals surface area contributed by atoms with Crippen LogP contribution in [0.4, 0.5) is 5.69 Å². The number of carboxylic acid groups (broad SMARTS) is 1. The lowest BCUT2D eigenvalue weighted by molar-refractivity contribution is -0.130. The van der Waals surface area contributed by atoms with Gasteiger partial charge in [0.1, 0.15) is 5.75 Å². The molecular formula is C19H21NO3. The number of anilines is 1. The summed E-state index contributed by atoms with van der Waals surface area (Å²) in [5.41, 5.74) is 7.89. The molecule has 0 unspecified atom stereocenters. The van der Waals surface area contributed by atoms with Crippen molar-refractivity contribution in [1.29, 1.82) is 0 Å². The zero-order valence-electron chi connectivity index (χ0n) is 13.3. The van der Waals surface area contributed by atoms with E-state index in [1.54, 1.807) is 30.3 Å². The van der Waals surface area contributed by atoms with E-state index < -0.39 is 5.97 Å². The number of benzene rings is 2. The summed E-state index contributed by atoms with van der Waals surface area (Å²) in [6.07, 6.45) is 1.64. The van der Waals surface area contributed by atoms with Gasteiger partial charge in [-0.1, -0.05) is 38.1 Å². The minimum absolute atomic E-state index is 0.223. The Hall–Kier alpha value is -2.75. The summed E-state index contributed by atoms with van der Waals surface area (Å²) in [7, 11) is 0. The predicted molar refractivity (Wildman–Crippen MR) is 93.1 cm³/mol. The second kappa shape index (κ2) is 7.49. The van der Waals surface area contributed by atoms with Crippen molar-refractivity contribution in [2.45, 2.75) is 13.8 Å². The molecule has 2 aromatic carbocycles. The number of hydrogen-bond acceptors (Lipinski definition) is 3. The molecule has 0 aromatic heterocycles. The summed E-state index contributed by atoms with van der Waals surface area (Å²) in [5.74, 6) is 0.258. The van der Waals surface area contributed by atoms with Crippen LogP contribution in [0.2, 0.25) is 0 Å². The molecule has 0 aliphatic carbocycles. The number of carbonyl (C=O) groups is 1. The highest BCUT2D eigenvalue weighted by Crippen LogP contribution is 2.21. The molecule has 0 amide bonds. The largest absolute Gasteiger partial charge is 0.493 e. The first-order valence-corrected chi connectivity index (χ1v) is 7.49. The fourth-order valence-electron chi connectivity index (χ4n) is 2.02. The van der Waals surface area contributed by atoms with Crippen LogP contribution in [0.5, 0.6) is 5.75 Å². The van der Waals surface area contributed by atoms with Gasteiger partial charge in [0.2, 0.25) is 0 Å². The van der Waals surface area contributed by atoms with Gasteiger partial charge in [-0.2, -0.15) is 0 Å². The predicted octanol–water partition coefficient (Wildman–Crippen LogP) is 3.93. The average molecular weight is 311 g/mol. The Balaban J connectivity index is 2.22. The number of hydrogen-bond donors (Lipinski definition) is 2. The van der Waals surface area contributed by atoms with E-state index in [-0.39, 0.29) is 5.57 Å². The molecule has 2 rings (SSSR count). The van der Waals surface area contributed by atoms with Crippen molar-refractivity contribution in [3.05, 3.63) is 59.7 Å². The van der Waals surface area contributed by atoms with Gasteiger partial charge in [-0.05, 0) is 47.4 Å². The maximum atomic E-state index is 11.5. The summed E-state index contributed by atoms with van der Waals surface area (Å²) in [6.45, 7) is 4.83. The van der Waals surface area contributed by atoms with Crippen molar-refractivity contribution in [3.8, 4) is 5.75 Å². The van der Waals surface area contributed by atoms with Crippen LogP contribution in [0, 0.1) is 5.92 Å². The van der Waals surface area contributed by atoms with Crippen LogP contribution in [0.15, 0.2) is 48.5 Å². The Bertz CT molecular complexity index is 686. The topological polar surface area (TPSA) is 72.5 Å². The molecule has 3 N–H and O–H groups in total. The molecule has 0 saturated carbocycles. The first-order valence-electron chi connectivity index (χ1n) is 7.49. The van der Waals surface area contributed by atoms with Gasteiger partial charge in [-0.3, -0.25) is 0 Å². The summed E-state index contributed by atoms with van der Waals surface area (Å²) < 4.78 is 5.62. The van der Waals surface area contributed by atoms with E-state index in [9.17, 15) is 9.90 Å². The summed E-state index contributed by atoms with van der Waals surface area (Å²) in [6, 6.07) is 14.2. The average Bonchev–Trinajstić information content (AvgIpc) is 2.52. The third kappa shape index (κ3) is 4.88. The van der Waals surface area contributed by atoms with E-state index in [2.05, 4.69) is 13.8 Å². The molecule has 4 nitrogen and oxygen atoms in total. The molecule has 120 valence electrons. The van der Waals surface area contributed by atoms with Crippen molar-refractivity contribution in [2.24, 2.45) is 5.92 Å². The van der Waals surface area contributed by atoms with Gasteiger partial charge in [0.15, 0.2) is 0 Å². The third-order valence-electron chi connectivity index (χ3n) is 3.23. The van der Waals surface area contributed by atoms with E-state index in [0.29, 0.717) is 23.8 Å². The molecule has 0 radical (unpaired) electrons. The SMILES string of the molecule is CC(C)COc1ccc(/C=C(\C(=O)O)c2ccc(N)cc2)cc1. The Labute approximate surface area is 136 Å². The van der Waals surface area contributed by atoms with Gasteiger partial charge in [0.05, 0.1) is 12.2 Å². The van der Waals surface area contributed by atoms with E-state index in [1.807, 2.05) is 24.3 Å². The van der Waals surface area contributed by atoms with Gasteiger partial charge >= 0.3 is 5.97 Å². The van der Waals surface area contributed by atoms with Gasteiger partial charge in [0.25, 0.3) is 0 Å². The number of aliphatic carboxylic acids is 1. The van der Waals surface area contributed by atoms with Gasteiger partial charge in [-0.15, -0.1) is 0 Å². The van der Waals surface area contributed by atoms with Crippen LogP contribution in [0.3, 0.4) is 0 Å². The molecule has 0 atom stereocenters. The first kappa shape index (κ1) is 16.6. The summed E-state index contributed by atoms with van der Waals surface area (Å²) in [4.78, 5) is 11.5. The van der Waals surface area contributed by atoms with Gasteiger partial charge in [0, 0.05) is 5.69 Å². The molecule has 0 aliphatic rings. The lowest BCUT2D eigenvalue weighted by atomic mass is 10.0. The number of carboxylic acids is 1. The van der Waals surface area contributed by atoms with Crippen molar-refractivity contribution in [1.82, 2.24) is 0 Å². The standard InChI is InChI=1S/C19H21NO3/c1-13(2)12-23-17-9-3-14(4-10-17)11-18(19(21)22)15-5-7-16(20)8-6-15/h3-11,13H,12,20H2,1-2H3,(H,21,22)/b18-11-. The number of nitrogens with two attached hydrogens (primary N) is 1. The summed E-state index contributed by atoms with van der Waals surface area (Å²) in [5, 5.41) is 9.43. The van der Waals surface area contributed by atoms with Crippen LogP contribution in [0.25, 0.3) is 11.6 Å². The second-order valence-corrected chi connectivity index (χ2v) is 5.76. The molecule has 0 fully saturated rings. The Morgan fingerprint density at radius 2 is 1.74 bits per heavy atom. The van der Waals surface area contributed by atoms with Gasteiger partial charge in [-0.25, -0.2) is 4.79 Å². The minimum Gasteiger partial charge on any atom is -0.493 e.